The van der Waals surface area contributed by atoms with Gasteiger partial charge in [0.15, 0.2) is 0 Å². The number of methoxy groups -OCH3 is 1. The number of benzene rings is 1. The maximum absolute atomic E-state index is 12.1. The average molecular weight is 340 g/mol. The number of aromatic nitrogens is 3. The Hall–Kier alpha value is -2.21. The Morgan fingerprint density at radius 3 is 2.72 bits per heavy atom. The van der Waals surface area contributed by atoms with Gasteiger partial charge in [-0.3, -0.25) is 4.79 Å². The van der Waals surface area contributed by atoms with E-state index in [1.807, 2.05) is 4.90 Å². The number of carbonyl (C=O) groups excluding carboxylic acids is 1. The molecule has 1 aliphatic carbocycles. The van der Waals surface area contributed by atoms with E-state index in [9.17, 15) is 4.79 Å². The van der Waals surface area contributed by atoms with Gasteiger partial charge in [-0.15, -0.1) is 0 Å². The first-order chi connectivity index (χ1) is 12.3. The lowest BCUT2D eigenvalue weighted by Gasteiger charge is -2.32. The van der Waals surface area contributed by atoms with Crippen molar-refractivity contribution >= 4 is 5.91 Å². The molecule has 1 fully saturated rings. The summed E-state index contributed by atoms with van der Waals surface area (Å²) in [7, 11) is 1.67. The van der Waals surface area contributed by atoms with Crippen LogP contribution >= 0.6 is 0 Å². The number of carbonyl (C=O) groups is 1. The molecular weight excluding hydrogens is 316 g/mol. The van der Waals surface area contributed by atoms with Gasteiger partial charge in [0.1, 0.15) is 12.2 Å². The van der Waals surface area contributed by atoms with E-state index in [0.717, 1.165) is 25.1 Å². The molecule has 1 aliphatic heterocycles. The summed E-state index contributed by atoms with van der Waals surface area (Å²) >= 11 is 0. The third kappa shape index (κ3) is 3.18. The highest BCUT2D eigenvalue weighted by atomic mass is 16.5. The number of piperidine rings is 1. The molecule has 0 N–H and O–H groups in total. The van der Waals surface area contributed by atoms with E-state index in [1.54, 1.807) is 13.4 Å². The summed E-state index contributed by atoms with van der Waals surface area (Å²) in [5.74, 6) is 1.49. The second-order valence-electron chi connectivity index (χ2n) is 6.96. The molecule has 0 bridgehead atoms. The fourth-order valence-corrected chi connectivity index (χ4v) is 4.08. The monoisotopic (exact) mass is 340 g/mol. The van der Waals surface area contributed by atoms with Gasteiger partial charge in [-0.2, -0.15) is 5.10 Å². The predicted molar refractivity (Wildman–Crippen MR) is 93.3 cm³/mol. The standard InChI is InChI=1S/C19H24N4O2/c1-25-9-8-22-12-16(6-7-18(22)24)19-20-13-21-23(19)17-10-14-4-2-3-5-15(14)11-17/h2-5,13,16-17H,6-12H2,1H3. The first-order valence-corrected chi connectivity index (χ1v) is 8.99. The van der Waals surface area contributed by atoms with Crippen LogP contribution in [0.3, 0.4) is 0 Å². The van der Waals surface area contributed by atoms with Gasteiger partial charge in [-0.25, -0.2) is 9.67 Å². The molecule has 0 spiro atoms. The Kier molecular flexibility index (Phi) is 4.53. The van der Waals surface area contributed by atoms with Gasteiger partial charge < -0.3 is 9.64 Å². The third-order valence-corrected chi connectivity index (χ3v) is 5.41. The normalized spacial score (nSPS) is 20.9. The van der Waals surface area contributed by atoms with E-state index in [1.165, 1.54) is 11.1 Å². The first-order valence-electron chi connectivity index (χ1n) is 8.99. The molecule has 0 radical (unpaired) electrons. The van der Waals surface area contributed by atoms with Crippen molar-refractivity contribution in [3.63, 3.8) is 0 Å². The van der Waals surface area contributed by atoms with Crippen LogP contribution < -0.4 is 0 Å². The van der Waals surface area contributed by atoms with Crippen molar-refractivity contribution in [2.75, 3.05) is 26.8 Å². The van der Waals surface area contributed by atoms with Crippen LogP contribution in [0.2, 0.25) is 0 Å². The SMILES string of the molecule is COCCN1CC(c2ncnn2C2Cc3ccccc3C2)CCC1=O. The van der Waals surface area contributed by atoms with Crippen LogP contribution in [0.15, 0.2) is 30.6 Å². The number of hydrogen-bond acceptors (Lipinski definition) is 4. The highest BCUT2D eigenvalue weighted by Crippen LogP contribution is 2.33. The molecule has 6 nitrogen and oxygen atoms in total. The number of rotatable bonds is 5. The molecule has 6 heteroatoms. The zero-order valence-corrected chi connectivity index (χ0v) is 14.6. The number of nitrogens with zero attached hydrogens (tertiary/aromatic N) is 4. The number of ether oxygens (including phenoxy) is 1. The molecule has 1 aromatic carbocycles. The summed E-state index contributed by atoms with van der Waals surface area (Å²) in [5, 5.41) is 4.54. The fraction of sp³-hybridized carbons (Fsp3) is 0.526. The highest BCUT2D eigenvalue weighted by Gasteiger charge is 2.32. The highest BCUT2D eigenvalue weighted by molar-refractivity contribution is 5.77. The number of amides is 1. The first kappa shape index (κ1) is 16.3. The maximum atomic E-state index is 12.1. The van der Waals surface area contributed by atoms with Crippen molar-refractivity contribution in [3.05, 3.63) is 47.5 Å². The van der Waals surface area contributed by atoms with Crippen LogP contribution in [0.25, 0.3) is 0 Å². The van der Waals surface area contributed by atoms with Gasteiger partial charge >= 0.3 is 0 Å². The molecule has 4 rings (SSSR count). The summed E-state index contributed by atoms with van der Waals surface area (Å²) < 4.78 is 7.24. The molecule has 1 amide bonds. The maximum Gasteiger partial charge on any atom is 0.222 e. The number of fused-ring (bicyclic) bond motifs is 1. The zero-order valence-electron chi connectivity index (χ0n) is 14.6. The van der Waals surface area contributed by atoms with E-state index < -0.39 is 0 Å². The van der Waals surface area contributed by atoms with Gasteiger partial charge in [0, 0.05) is 32.5 Å². The van der Waals surface area contributed by atoms with Crippen LogP contribution in [0.5, 0.6) is 0 Å². The summed E-state index contributed by atoms with van der Waals surface area (Å²) in [4.78, 5) is 18.6. The Morgan fingerprint density at radius 1 is 1.24 bits per heavy atom. The van der Waals surface area contributed by atoms with Crippen LogP contribution in [0.1, 0.15) is 41.8 Å². The van der Waals surface area contributed by atoms with E-state index in [0.29, 0.717) is 32.2 Å². The molecule has 0 saturated carbocycles. The Morgan fingerprint density at radius 2 is 2.00 bits per heavy atom. The summed E-state index contributed by atoms with van der Waals surface area (Å²) in [6.07, 6.45) is 5.10. The second kappa shape index (κ2) is 6.96. The molecule has 25 heavy (non-hydrogen) atoms. The molecule has 1 unspecified atom stereocenters. The van der Waals surface area contributed by atoms with E-state index in [-0.39, 0.29) is 11.8 Å². The van der Waals surface area contributed by atoms with Gasteiger partial charge in [-0.1, -0.05) is 24.3 Å². The Balaban J connectivity index is 1.51. The van der Waals surface area contributed by atoms with Crippen LogP contribution in [-0.2, 0) is 22.4 Å². The number of hydrogen-bond donors (Lipinski definition) is 0. The van der Waals surface area contributed by atoms with Crippen molar-refractivity contribution in [1.29, 1.82) is 0 Å². The molecule has 1 atom stereocenters. The molecule has 132 valence electrons. The fourth-order valence-electron chi connectivity index (χ4n) is 4.08. The molecular formula is C19H24N4O2. The van der Waals surface area contributed by atoms with Crippen molar-refractivity contribution in [2.24, 2.45) is 0 Å². The van der Waals surface area contributed by atoms with Gasteiger partial charge in [-0.05, 0) is 30.4 Å². The van der Waals surface area contributed by atoms with Crippen LogP contribution in [0.4, 0.5) is 0 Å². The summed E-state index contributed by atoms with van der Waals surface area (Å²) in [6, 6.07) is 8.95. The second-order valence-corrected chi connectivity index (χ2v) is 6.96. The van der Waals surface area contributed by atoms with E-state index >= 15 is 0 Å². The Bertz CT molecular complexity index is 732. The minimum absolute atomic E-state index is 0.215. The minimum Gasteiger partial charge on any atom is -0.383 e. The topological polar surface area (TPSA) is 60.2 Å². The van der Waals surface area contributed by atoms with Gasteiger partial charge in [0.25, 0.3) is 0 Å². The molecule has 2 aliphatic rings. The molecule has 1 saturated heterocycles. The van der Waals surface area contributed by atoms with Crippen molar-refractivity contribution < 1.29 is 9.53 Å². The lowest BCUT2D eigenvalue weighted by atomic mass is 9.96. The lowest BCUT2D eigenvalue weighted by molar-refractivity contribution is -0.134. The van der Waals surface area contributed by atoms with Crippen LogP contribution in [0, 0.1) is 0 Å². The quantitative estimate of drug-likeness (QED) is 0.835. The summed E-state index contributed by atoms with van der Waals surface area (Å²) in [5.41, 5.74) is 2.82. The lowest BCUT2D eigenvalue weighted by Crippen LogP contribution is -2.41. The van der Waals surface area contributed by atoms with Gasteiger partial charge in [0.05, 0.1) is 12.6 Å². The van der Waals surface area contributed by atoms with Crippen molar-refractivity contribution in [2.45, 2.75) is 37.6 Å². The zero-order chi connectivity index (χ0) is 17.2. The molecule has 2 heterocycles. The van der Waals surface area contributed by atoms with Crippen molar-refractivity contribution in [1.82, 2.24) is 19.7 Å². The van der Waals surface area contributed by atoms with Crippen LogP contribution in [-0.4, -0.2) is 52.4 Å². The smallest absolute Gasteiger partial charge is 0.222 e. The molecule has 2 aromatic rings. The number of likely N-dealkylation sites (tertiary alicyclic amines) is 1. The predicted octanol–water partition coefficient (Wildman–Crippen LogP) is 1.97. The van der Waals surface area contributed by atoms with E-state index in [2.05, 4.69) is 39.0 Å². The summed E-state index contributed by atoms with van der Waals surface area (Å²) in [6.45, 7) is 1.93. The largest absolute Gasteiger partial charge is 0.383 e. The average Bonchev–Trinajstić information content (AvgIpc) is 3.27. The van der Waals surface area contributed by atoms with Gasteiger partial charge in [0.2, 0.25) is 5.91 Å². The third-order valence-electron chi connectivity index (χ3n) is 5.41. The van der Waals surface area contributed by atoms with Crippen molar-refractivity contribution in [3.8, 4) is 0 Å². The molecule has 1 aromatic heterocycles. The minimum atomic E-state index is 0.215. The Labute approximate surface area is 147 Å². The van der Waals surface area contributed by atoms with E-state index in [4.69, 9.17) is 4.74 Å².